The molecule has 0 saturated carbocycles. The highest BCUT2D eigenvalue weighted by molar-refractivity contribution is 6.31. The molecule has 1 atom stereocenters. The fourth-order valence-electron chi connectivity index (χ4n) is 4.15. The number of rotatable bonds is 5. The Hall–Kier alpha value is -1.50. The van der Waals surface area contributed by atoms with E-state index in [2.05, 4.69) is 4.90 Å². The number of morpholine rings is 1. The minimum absolute atomic E-state index is 0.262. The molecule has 0 N–H and O–H groups in total. The lowest BCUT2D eigenvalue weighted by Gasteiger charge is -2.33. The third-order valence-corrected chi connectivity index (χ3v) is 6.02. The zero-order chi connectivity index (χ0) is 18.6. The monoisotopic (exact) mass is 394 g/mol. The molecule has 6 nitrogen and oxygen atoms in total. The van der Waals surface area contributed by atoms with E-state index in [0.29, 0.717) is 25.6 Å². The lowest BCUT2D eigenvalue weighted by molar-refractivity contribution is -0.135. The Bertz CT molecular complexity index is 678. The number of nitrogens with zero attached hydrogens (tertiary/aromatic N) is 2. The summed E-state index contributed by atoms with van der Waals surface area (Å²) < 4.78 is 16.2. The van der Waals surface area contributed by atoms with Crippen LogP contribution in [0.2, 0.25) is 5.02 Å². The Kier molecular flexibility index (Phi) is 6.05. The van der Waals surface area contributed by atoms with Crippen LogP contribution in [0.5, 0.6) is 11.5 Å². The zero-order valence-electron chi connectivity index (χ0n) is 15.6. The molecular formula is C20H27ClN2O4. The maximum atomic E-state index is 12.4. The topological polar surface area (TPSA) is 51.2 Å². The first kappa shape index (κ1) is 18.8. The Morgan fingerprint density at radius 2 is 1.93 bits per heavy atom. The number of fused-ring (bicyclic) bond motifs is 1. The third-order valence-electron chi connectivity index (χ3n) is 5.67. The SMILES string of the molecule is O=C(CC[C@@H]1CCCN(Cc2cc3c(cc2Cl)OCO3)C1)N1CCOCC1. The summed E-state index contributed by atoms with van der Waals surface area (Å²) in [5, 5.41) is 0.726. The van der Waals surface area contributed by atoms with Crippen molar-refractivity contribution in [3.63, 3.8) is 0 Å². The molecule has 0 bridgehead atoms. The van der Waals surface area contributed by atoms with Crippen LogP contribution >= 0.6 is 11.6 Å². The van der Waals surface area contributed by atoms with Crippen molar-refractivity contribution >= 4 is 17.5 Å². The molecule has 2 saturated heterocycles. The first-order valence-electron chi connectivity index (χ1n) is 9.85. The van der Waals surface area contributed by atoms with Crippen LogP contribution in [0.1, 0.15) is 31.2 Å². The molecule has 0 spiro atoms. The molecule has 1 aromatic rings. The number of halogens is 1. The van der Waals surface area contributed by atoms with Gasteiger partial charge in [0.15, 0.2) is 11.5 Å². The summed E-state index contributed by atoms with van der Waals surface area (Å²) in [5.41, 5.74) is 1.07. The van der Waals surface area contributed by atoms with E-state index in [-0.39, 0.29) is 12.7 Å². The largest absolute Gasteiger partial charge is 0.454 e. The molecule has 0 radical (unpaired) electrons. The molecule has 27 heavy (non-hydrogen) atoms. The van der Waals surface area contributed by atoms with Crippen molar-refractivity contribution in [2.45, 2.75) is 32.2 Å². The standard InChI is InChI=1S/C20H27ClN2O4/c21-17-11-19-18(26-14-27-19)10-16(17)13-22-5-1-2-15(12-22)3-4-20(24)23-6-8-25-9-7-23/h10-11,15H,1-9,12-14H2/t15-/m0/s1. The molecule has 4 rings (SSSR count). The summed E-state index contributed by atoms with van der Waals surface area (Å²) in [6, 6.07) is 3.85. The van der Waals surface area contributed by atoms with Crippen molar-refractivity contribution in [1.29, 1.82) is 0 Å². The number of hydrogen-bond acceptors (Lipinski definition) is 5. The maximum Gasteiger partial charge on any atom is 0.231 e. The van der Waals surface area contributed by atoms with Crippen molar-refractivity contribution in [1.82, 2.24) is 9.80 Å². The van der Waals surface area contributed by atoms with Gasteiger partial charge in [0.1, 0.15) is 0 Å². The van der Waals surface area contributed by atoms with Gasteiger partial charge in [-0.3, -0.25) is 9.69 Å². The van der Waals surface area contributed by atoms with Gasteiger partial charge in [0.2, 0.25) is 12.7 Å². The molecule has 2 fully saturated rings. The lowest BCUT2D eigenvalue weighted by Crippen LogP contribution is -2.41. The highest BCUT2D eigenvalue weighted by atomic mass is 35.5. The van der Waals surface area contributed by atoms with Gasteiger partial charge in [-0.15, -0.1) is 0 Å². The van der Waals surface area contributed by atoms with Gasteiger partial charge < -0.3 is 19.1 Å². The lowest BCUT2D eigenvalue weighted by atomic mass is 9.92. The molecule has 7 heteroatoms. The van der Waals surface area contributed by atoms with Crippen LogP contribution in [0.4, 0.5) is 0 Å². The van der Waals surface area contributed by atoms with E-state index in [1.807, 2.05) is 17.0 Å². The molecule has 0 aromatic heterocycles. The summed E-state index contributed by atoms with van der Waals surface area (Å²) in [5.74, 6) is 2.34. The van der Waals surface area contributed by atoms with E-state index in [4.69, 9.17) is 25.8 Å². The molecule has 3 aliphatic heterocycles. The molecule has 3 aliphatic rings. The van der Waals surface area contributed by atoms with Crippen molar-refractivity contribution in [2.24, 2.45) is 5.92 Å². The first-order valence-corrected chi connectivity index (χ1v) is 10.2. The average Bonchev–Trinajstić information content (AvgIpc) is 3.14. The fourth-order valence-corrected chi connectivity index (χ4v) is 4.36. The van der Waals surface area contributed by atoms with Gasteiger partial charge in [-0.05, 0) is 43.4 Å². The Labute approximate surface area is 165 Å². The van der Waals surface area contributed by atoms with Crippen LogP contribution in [0.25, 0.3) is 0 Å². The predicted octanol–water partition coefficient (Wildman–Crippen LogP) is 2.92. The zero-order valence-corrected chi connectivity index (χ0v) is 16.4. The number of piperidine rings is 1. The van der Waals surface area contributed by atoms with Crippen LogP contribution in [0, 0.1) is 5.92 Å². The highest BCUT2D eigenvalue weighted by Crippen LogP contribution is 2.37. The number of amides is 1. The van der Waals surface area contributed by atoms with E-state index in [1.165, 1.54) is 12.8 Å². The van der Waals surface area contributed by atoms with E-state index in [9.17, 15) is 4.79 Å². The van der Waals surface area contributed by atoms with Crippen molar-refractivity contribution < 1.29 is 19.0 Å². The number of carbonyl (C=O) groups is 1. The number of likely N-dealkylation sites (tertiary alicyclic amines) is 1. The Morgan fingerprint density at radius 3 is 2.74 bits per heavy atom. The number of ether oxygens (including phenoxy) is 3. The third kappa shape index (κ3) is 4.68. The van der Waals surface area contributed by atoms with E-state index < -0.39 is 0 Å². The Balaban J connectivity index is 1.29. The van der Waals surface area contributed by atoms with Crippen LogP contribution in [-0.4, -0.2) is 61.9 Å². The van der Waals surface area contributed by atoms with Crippen LogP contribution in [0.3, 0.4) is 0 Å². The Morgan fingerprint density at radius 1 is 1.15 bits per heavy atom. The molecular weight excluding hydrogens is 368 g/mol. The van der Waals surface area contributed by atoms with Gasteiger partial charge in [0, 0.05) is 43.7 Å². The number of benzene rings is 1. The van der Waals surface area contributed by atoms with Gasteiger partial charge in [-0.2, -0.15) is 0 Å². The number of carbonyl (C=O) groups excluding carboxylic acids is 1. The van der Waals surface area contributed by atoms with Crippen LogP contribution in [0.15, 0.2) is 12.1 Å². The quantitative estimate of drug-likeness (QED) is 0.768. The van der Waals surface area contributed by atoms with Crippen molar-refractivity contribution in [3.8, 4) is 11.5 Å². The van der Waals surface area contributed by atoms with Crippen molar-refractivity contribution in [2.75, 3.05) is 46.2 Å². The molecule has 0 unspecified atom stereocenters. The smallest absolute Gasteiger partial charge is 0.231 e. The highest BCUT2D eigenvalue weighted by Gasteiger charge is 2.24. The normalized spacial score (nSPS) is 22.9. The van der Waals surface area contributed by atoms with Gasteiger partial charge >= 0.3 is 0 Å². The summed E-state index contributed by atoms with van der Waals surface area (Å²) >= 11 is 6.43. The number of hydrogen-bond donors (Lipinski definition) is 0. The first-order chi connectivity index (χ1) is 13.2. The van der Waals surface area contributed by atoms with Crippen molar-refractivity contribution in [3.05, 3.63) is 22.7 Å². The summed E-state index contributed by atoms with van der Waals surface area (Å²) in [6.45, 7) is 5.95. The van der Waals surface area contributed by atoms with Gasteiger partial charge in [0.25, 0.3) is 0 Å². The molecule has 3 heterocycles. The summed E-state index contributed by atoms with van der Waals surface area (Å²) in [4.78, 5) is 16.8. The minimum Gasteiger partial charge on any atom is -0.454 e. The van der Waals surface area contributed by atoms with E-state index in [0.717, 1.165) is 61.2 Å². The fraction of sp³-hybridized carbons (Fsp3) is 0.650. The maximum absolute atomic E-state index is 12.4. The molecule has 1 amide bonds. The van der Waals surface area contributed by atoms with Gasteiger partial charge in [0.05, 0.1) is 13.2 Å². The second kappa shape index (κ2) is 8.67. The molecule has 148 valence electrons. The predicted molar refractivity (Wildman–Crippen MR) is 102 cm³/mol. The van der Waals surface area contributed by atoms with Crippen LogP contribution in [-0.2, 0) is 16.1 Å². The van der Waals surface area contributed by atoms with Crippen LogP contribution < -0.4 is 9.47 Å². The molecule has 0 aliphatic carbocycles. The van der Waals surface area contributed by atoms with Gasteiger partial charge in [-0.1, -0.05) is 11.6 Å². The average molecular weight is 395 g/mol. The summed E-state index contributed by atoms with van der Waals surface area (Å²) in [6.07, 6.45) is 3.96. The second-order valence-electron chi connectivity index (χ2n) is 7.57. The summed E-state index contributed by atoms with van der Waals surface area (Å²) in [7, 11) is 0. The molecule has 1 aromatic carbocycles. The minimum atomic E-state index is 0.262. The van der Waals surface area contributed by atoms with E-state index >= 15 is 0 Å². The van der Waals surface area contributed by atoms with E-state index in [1.54, 1.807) is 0 Å². The second-order valence-corrected chi connectivity index (χ2v) is 7.98. The van der Waals surface area contributed by atoms with Gasteiger partial charge in [-0.25, -0.2) is 0 Å².